The molecule has 0 aliphatic carbocycles. The van der Waals surface area contributed by atoms with Gasteiger partial charge >= 0.3 is 0 Å². The lowest BCUT2D eigenvalue weighted by Gasteiger charge is -2.26. The Bertz CT molecular complexity index is 2330. The van der Waals surface area contributed by atoms with Crippen LogP contribution in [0.5, 0.6) is 0 Å². The van der Waals surface area contributed by atoms with Gasteiger partial charge in [-0.15, -0.1) is 0 Å². The van der Waals surface area contributed by atoms with E-state index in [0.717, 1.165) is 17.1 Å². The highest BCUT2D eigenvalue weighted by atomic mass is 15.1. The molecule has 8 rings (SSSR count). The van der Waals surface area contributed by atoms with E-state index in [1.165, 1.54) is 77.9 Å². The average molecular weight is 682 g/mol. The number of benzene rings is 8. The smallest absolute Gasteiger partial charge is 0.0462 e. The third kappa shape index (κ3) is 7.20. The van der Waals surface area contributed by atoms with Gasteiger partial charge in [0.15, 0.2) is 0 Å². The predicted molar refractivity (Wildman–Crippen MR) is 227 cm³/mol. The summed E-state index contributed by atoms with van der Waals surface area (Å²) in [6, 6.07) is 68.6. The molecule has 256 valence electrons. The molecule has 1 heteroatoms. The highest BCUT2D eigenvalue weighted by molar-refractivity contribution is 5.88. The molecule has 0 aromatic heterocycles. The van der Waals surface area contributed by atoms with Gasteiger partial charge in [-0.3, -0.25) is 0 Å². The van der Waals surface area contributed by atoms with E-state index in [1.807, 2.05) is 0 Å². The number of aryl methyl sites for hydroxylation is 4. The average Bonchev–Trinajstić information content (AvgIpc) is 3.18. The van der Waals surface area contributed by atoms with Crippen LogP contribution in [0.15, 0.2) is 188 Å². The second-order valence-electron chi connectivity index (χ2n) is 14.2. The highest BCUT2D eigenvalue weighted by Crippen LogP contribution is 2.40. The number of rotatable bonds is 8. The summed E-state index contributed by atoms with van der Waals surface area (Å²) in [5.41, 5.74) is 20.7. The Hall–Kier alpha value is -6.44. The van der Waals surface area contributed by atoms with E-state index in [0.29, 0.717) is 0 Å². The zero-order valence-electron chi connectivity index (χ0n) is 30.8. The van der Waals surface area contributed by atoms with Crippen LogP contribution < -0.4 is 4.90 Å². The van der Waals surface area contributed by atoms with Gasteiger partial charge in [-0.2, -0.15) is 0 Å². The van der Waals surface area contributed by atoms with Crippen molar-refractivity contribution in [3.63, 3.8) is 0 Å². The van der Waals surface area contributed by atoms with Crippen molar-refractivity contribution in [2.75, 3.05) is 4.90 Å². The molecule has 0 saturated carbocycles. The van der Waals surface area contributed by atoms with Crippen molar-refractivity contribution >= 4 is 17.1 Å². The van der Waals surface area contributed by atoms with Crippen LogP contribution in [0.2, 0.25) is 0 Å². The van der Waals surface area contributed by atoms with Crippen LogP contribution in [0.1, 0.15) is 22.3 Å². The van der Waals surface area contributed by atoms with Crippen LogP contribution in [0.25, 0.3) is 55.6 Å². The van der Waals surface area contributed by atoms with E-state index < -0.39 is 0 Å². The van der Waals surface area contributed by atoms with Gasteiger partial charge < -0.3 is 4.90 Å². The summed E-state index contributed by atoms with van der Waals surface area (Å²) in [4.78, 5) is 2.36. The van der Waals surface area contributed by atoms with E-state index >= 15 is 0 Å². The fraction of sp³-hybridized carbons (Fsp3) is 0.0769. The lowest BCUT2D eigenvalue weighted by molar-refractivity contribution is 1.28. The lowest BCUT2D eigenvalue weighted by Crippen LogP contribution is -2.09. The van der Waals surface area contributed by atoms with Crippen LogP contribution in [0.3, 0.4) is 0 Å². The standard InChI is InChI=1S/C52H43N/c1-36-30-37(2)33-44(32-36)51-16-10-8-14-49(51)42-20-26-47(27-21-42)53(46-24-18-41(19-25-46)40-12-6-5-7-13-40)48-28-22-43(23-29-48)50-15-9-11-17-52(50)45-34-38(3)31-39(4)35-45/h5-35H,1-4H3. The van der Waals surface area contributed by atoms with Crippen LogP contribution in [-0.2, 0) is 0 Å². The van der Waals surface area contributed by atoms with Crippen molar-refractivity contribution in [1.82, 2.24) is 0 Å². The summed E-state index contributed by atoms with van der Waals surface area (Å²) in [5, 5.41) is 0. The zero-order valence-corrected chi connectivity index (χ0v) is 30.8. The number of hydrogen-bond donors (Lipinski definition) is 0. The molecule has 0 unspecified atom stereocenters. The lowest BCUT2D eigenvalue weighted by atomic mass is 9.92. The molecular formula is C52H43N. The second-order valence-corrected chi connectivity index (χ2v) is 14.2. The number of anilines is 3. The van der Waals surface area contributed by atoms with Crippen molar-refractivity contribution in [3.05, 3.63) is 210 Å². The van der Waals surface area contributed by atoms with Gasteiger partial charge in [0.25, 0.3) is 0 Å². The van der Waals surface area contributed by atoms with Crippen LogP contribution >= 0.6 is 0 Å². The van der Waals surface area contributed by atoms with Gasteiger partial charge in [0, 0.05) is 17.1 Å². The van der Waals surface area contributed by atoms with Crippen molar-refractivity contribution < 1.29 is 0 Å². The summed E-state index contributed by atoms with van der Waals surface area (Å²) in [5.74, 6) is 0. The molecule has 0 radical (unpaired) electrons. The Morgan fingerprint density at radius 1 is 0.245 bits per heavy atom. The maximum absolute atomic E-state index is 2.36. The Labute approximate surface area is 314 Å². The van der Waals surface area contributed by atoms with E-state index in [9.17, 15) is 0 Å². The minimum Gasteiger partial charge on any atom is -0.311 e. The molecule has 8 aromatic carbocycles. The monoisotopic (exact) mass is 681 g/mol. The first-order chi connectivity index (χ1) is 25.9. The molecule has 0 aliphatic rings. The van der Waals surface area contributed by atoms with Gasteiger partial charge in [-0.05, 0) is 120 Å². The minimum absolute atomic E-state index is 1.11. The van der Waals surface area contributed by atoms with Gasteiger partial charge in [0.05, 0.1) is 0 Å². The van der Waals surface area contributed by atoms with Crippen molar-refractivity contribution in [3.8, 4) is 55.6 Å². The summed E-state index contributed by atoms with van der Waals surface area (Å²) in [6.07, 6.45) is 0. The maximum Gasteiger partial charge on any atom is 0.0462 e. The molecule has 0 atom stereocenters. The van der Waals surface area contributed by atoms with Gasteiger partial charge in [0.2, 0.25) is 0 Å². The van der Waals surface area contributed by atoms with Crippen molar-refractivity contribution in [2.24, 2.45) is 0 Å². The van der Waals surface area contributed by atoms with Gasteiger partial charge in [0.1, 0.15) is 0 Å². The first kappa shape index (κ1) is 33.7. The topological polar surface area (TPSA) is 3.24 Å². The van der Waals surface area contributed by atoms with Crippen LogP contribution in [-0.4, -0.2) is 0 Å². The molecule has 0 N–H and O–H groups in total. The van der Waals surface area contributed by atoms with Gasteiger partial charge in [-0.25, -0.2) is 0 Å². The predicted octanol–water partition coefficient (Wildman–Crippen LogP) is 14.7. The van der Waals surface area contributed by atoms with E-state index in [1.54, 1.807) is 0 Å². The van der Waals surface area contributed by atoms with Gasteiger partial charge in [-0.1, -0.05) is 174 Å². The molecule has 0 bridgehead atoms. The summed E-state index contributed by atoms with van der Waals surface area (Å²) in [6.45, 7) is 8.69. The molecule has 8 aromatic rings. The number of nitrogens with zero attached hydrogens (tertiary/aromatic N) is 1. The summed E-state index contributed by atoms with van der Waals surface area (Å²) >= 11 is 0. The maximum atomic E-state index is 2.36. The third-order valence-corrected chi connectivity index (χ3v) is 10.0. The highest BCUT2D eigenvalue weighted by Gasteiger charge is 2.16. The number of hydrogen-bond acceptors (Lipinski definition) is 1. The van der Waals surface area contributed by atoms with Crippen LogP contribution in [0, 0.1) is 27.7 Å². The first-order valence-corrected chi connectivity index (χ1v) is 18.4. The Morgan fingerprint density at radius 2 is 0.528 bits per heavy atom. The molecule has 0 saturated heterocycles. The van der Waals surface area contributed by atoms with E-state index in [2.05, 4.69) is 221 Å². The molecule has 0 spiro atoms. The van der Waals surface area contributed by atoms with E-state index in [4.69, 9.17) is 0 Å². The Morgan fingerprint density at radius 3 is 0.887 bits per heavy atom. The molecule has 1 nitrogen and oxygen atoms in total. The zero-order chi connectivity index (χ0) is 36.3. The SMILES string of the molecule is Cc1cc(C)cc(-c2ccccc2-c2ccc(N(c3ccc(-c4ccccc4)cc3)c3ccc(-c4ccccc4-c4cc(C)cc(C)c4)cc3)cc2)c1. The quantitative estimate of drug-likeness (QED) is 0.154. The Kier molecular flexibility index (Phi) is 9.32. The minimum atomic E-state index is 1.11. The molecule has 0 aliphatic heterocycles. The summed E-state index contributed by atoms with van der Waals surface area (Å²) < 4.78 is 0. The second kappa shape index (κ2) is 14.7. The Balaban J connectivity index is 1.18. The van der Waals surface area contributed by atoms with Crippen LogP contribution in [0.4, 0.5) is 17.1 Å². The summed E-state index contributed by atoms with van der Waals surface area (Å²) in [7, 11) is 0. The molecular weight excluding hydrogens is 639 g/mol. The van der Waals surface area contributed by atoms with E-state index in [-0.39, 0.29) is 0 Å². The molecule has 0 fully saturated rings. The normalized spacial score (nSPS) is 11.0. The third-order valence-electron chi connectivity index (χ3n) is 10.0. The first-order valence-electron chi connectivity index (χ1n) is 18.4. The molecule has 0 amide bonds. The largest absolute Gasteiger partial charge is 0.311 e. The fourth-order valence-corrected chi connectivity index (χ4v) is 7.69. The molecule has 53 heavy (non-hydrogen) atoms. The fourth-order valence-electron chi connectivity index (χ4n) is 7.69. The van der Waals surface area contributed by atoms with Crippen molar-refractivity contribution in [1.29, 1.82) is 0 Å². The molecule has 0 heterocycles. The van der Waals surface area contributed by atoms with Crippen molar-refractivity contribution in [2.45, 2.75) is 27.7 Å².